The maximum absolute atomic E-state index is 12.3. The minimum atomic E-state index is -0.241. The summed E-state index contributed by atoms with van der Waals surface area (Å²) < 4.78 is 11.8. The highest BCUT2D eigenvalue weighted by molar-refractivity contribution is 5.75. The number of carbonyl (C=O) groups is 1. The van der Waals surface area contributed by atoms with Gasteiger partial charge in [-0.15, -0.1) is 0 Å². The molecule has 0 aliphatic heterocycles. The quantitative estimate of drug-likeness (QED) is 0.636. The van der Waals surface area contributed by atoms with Gasteiger partial charge < -0.3 is 14.8 Å². The molecule has 0 spiro atoms. The van der Waals surface area contributed by atoms with E-state index in [0.717, 1.165) is 11.1 Å². The standard InChI is InChI=1S/C22H23N3O4/c1-28-18-9-8-17(20(14-18)29-2)15-23-21(26)12-13-25-22(27)11-10-19(24-25)16-6-4-3-5-7-16/h3-11,14H,12-13,15H2,1-2H3,(H,23,26). The van der Waals surface area contributed by atoms with Gasteiger partial charge >= 0.3 is 0 Å². The molecule has 0 fully saturated rings. The molecule has 0 saturated carbocycles. The van der Waals surface area contributed by atoms with Gasteiger partial charge in [-0.05, 0) is 18.2 Å². The SMILES string of the molecule is COc1ccc(CNC(=O)CCn2nc(-c3ccccc3)ccc2=O)c(OC)c1. The summed E-state index contributed by atoms with van der Waals surface area (Å²) in [7, 11) is 3.15. The Balaban J connectivity index is 1.61. The first-order valence-electron chi connectivity index (χ1n) is 9.22. The van der Waals surface area contributed by atoms with Crippen LogP contribution in [-0.4, -0.2) is 29.9 Å². The number of rotatable bonds is 8. The zero-order valence-corrected chi connectivity index (χ0v) is 16.4. The summed E-state index contributed by atoms with van der Waals surface area (Å²) in [4.78, 5) is 24.3. The first kappa shape index (κ1) is 20.1. The maximum Gasteiger partial charge on any atom is 0.266 e. The van der Waals surface area contributed by atoms with E-state index in [-0.39, 0.29) is 24.4 Å². The molecule has 3 rings (SSSR count). The van der Waals surface area contributed by atoms with Gasteiger partial charge in [0.2, 0.25) is 5.91 Å². The van der Waals surface area contributed by atoms with Gasteiger partial charge in [-0.1, -0.05) is 30.3 Å². The predicted octanol–water partition coefficient (Wildman–Crippen LogP) is 2.63. The van der Waals surface area contributed by atoms with Gasteiger partial charge in [0, 0.05) is 36.2 Å². The third-order valence-electron chi connectivity index (χ3n) is 4.46. The van der Waals surface area contributed by atoms with Crippen LogP contribution < -0.4 is 20.3 Å². The molecule has 0 aliphatic rings. The minimum absolute atomic E-state index is 0.142. The van der Waals surface area contributed by atoms with Crippen molar-refractivity contribution in [2.75, 3.05) is 14.2 Å². The highest BCUT2D eigenvalue weighted by atomic mass is 16.5. The molecule has 0 radical (unpaired) electrons. The van der Waals surface area contributed by atoms with Crippen LogP contribution in [0.1, 0.15) is 12.0 Å². The second-order valence-corrected chi connectivity index (χ2v) is 6.35. The Labute approximate surface area is 168 Å². The number of aryl methyl sites for hydroxylation is 1. The first-order chi connectivity index (χ1) is 14.1. The van der Waals surface area contributed by atoms with Crippen molar-refractivity contribution < 1.29 is 14.3 Å². The van der Waals surface area contributed by atoms with Crippen molar-refractivity contribution in [2.24, 2.45) is 0 Å². The predicted molar refractivity (Wildman–Crippen MR) is 110 cm³/mol. The molecule has 0 saturated heterocycles. The number of hydrogen-bond acceptors (Lipinski definition) is 5. The molecule has 1 aromatic heterocycles. The summed E-state index contributed by atoms with van der Waals surface area (Å²) in [5, 5.41) is 7.21. The van der Waals surface area contributed by atoms with Gasteiger partial charge in [-0.3, -0.25) is 9.59 Å². The van der Waals surface area contributed by atoms with Crippen LogP contribution in [0.4, 0.5) is 0 Å². The Bertz CT molecular complexity index is 1030. The monoisotopic (exact) mass is 393 g/mol. The highest BCUT2D eigenvalue weighted by Gasteiger charge is 2.09. The molecular weight excluding hydrogens is 370 g/mol. The normalized spacial score (nSPS) is 10.4. The Kier molecular flexibility index (Phi) is 6.63. The molecule has 3 aromatic rings. The lowest BCUT2D eigenvalue weighted by Crippen LogP contribution is -2.28. The van der Waals surface area contributed by atoms with Gasteiger partial charge in [-0.2, -0.15) is 5.10 Å². The number of hydrogen-bond donors (Lipinski definition) is 1. The molecule has 29 heavy (non-hydrogen) atoms. The molecule has 2 aromatic carbocycles. The van der Waals surface area contributed by atoms with Crippen molar-refractivity contribution in [3.8, 4) is 22.8 Å². The van der Waals surface area contributed by atoms with Crippen LogP contribution in [0.3, 0.4) is 0 Å². The average Bonchev–Trinajstić information content (AvgIpc) is 2.77. The van der Waals surface area contributed by atoms with E-state index in [4.69, 9.17) is 9.47 Å². The van der Waals surface area contributed by atoms with Crippen LogP contribution in [0.15, 0.2) is 65.5 Å². The molecule has 0 unspecified atom stereocenters. The lowest BCUT2D eigenvalue weighted by molar-refractivity contribution is -0.121. The molecular formula is C22H23N3O4. The molecule has 0 atom stereocenters. The van der Waals surface area contributed by atoms with Crippen molar-refractivity contribution in [2.45, 2.75) is 19.5 Å². The summed E-state index contributed by atoms with van der Waals surface area (Å²) in [6.07, 6.45) is 0.142. The first-order valence-corrected chi connectivity index (χ1v) is 9.22. The van der Waals surface area contributed by atoms with E-state index in [1.807, 2.05) is 42.5 Å². The van der Waals surface area contributed by atoms with Crippen molar-refractivity contribution in [3.63, 3.8) is 0 Å². The third-order valence-corrected chi connectivity index (χ3v) is 4.46. The zero-order chi connectivity index (χ0) is 20.6. The fourth-order valence-electron chi connectivity index (χ4n) is 2.86. The van der Waals surface area contributed by atoms with Crippen LogP contribution in [0.5, 0.6) is 11.5 Å². The number of nitrogens with zero attached hydrogens (tertiary/aromatic N) is 2. The van der Waals surface area contributed by atoms with Gasteiger partial charge in [0.1, 0.15) is 11.5 Å². The van der Waals surface area contributed by atoms with E-state index in [2.05, 4.69) is 10.4 Å². The Morgan fingerprint density at radius 3 is 2.55 bits per heavy atom. The molecule has 1 amide bonds. The number of aromatic nitrogens is 2. The summed E-state index contributed by atoms with van der Waals surface area (Å²) in [5.74, 6) is 1.14. The Morgan fingerprint density at radius 1 is 1.03 bits per heavy atom. The average molecular weight is 393 g/mol. The van der Waals surface area contributed by atoms with Crippen LogP contribution >= 0.6 is 0 Å². The van der Waals surface area contributed by atoms with Crippen LogP contribution in [-0.2, 0) is 17.9 Å². The number of methoxy groups -OCH3 is 2. The van der Waals surface area contributed by atoms with Crippen molar-refractivity contribution in [1.29, 1.82) is 0 Å². The Hall–Kier alpha value is -3.61. The minimum Gasteiger partial charge on any atom is -0.497 e. The van der Waals surface area contributed by atoms with Crippen LogP contribution in [0.2, 0.25) is 0 Å². The van der Waals surface area contributed by atoms with Gasteiger partial charge in [-0.25, -0.2) is 4.68 Å². The Morgan fingerprint density at radius 2 is 1.83 bits per heavy atom. The van der Waals surface area contributed by atoms with Crippen LogP contribution in [0.25, 0.3) is 11.3 Å². The molecule has 1 heterocycles. The topological polar surface area (TPSA) is 82.5 Å². The van der Waals surface area contributed by atoms with E-state index in [9.17, 15) is 9.59 Å². The summed E-state index contributed by atoms with van der Waals surface area (Å²) >= 11 is 0. The van der Waals surface area contributed by atoms with Crippen LogP contribution in [0, 0.1) is 0 Å². The smallest absolute Gasteiger partial charge is 0.266 e. The van der Waals surface area contributed by atoms with Crippen molar-refractivity contribution in [1.82, 2.24) is 15.1 Å². The fraction of sp³-hybridized carbons (Fsp3) is 0.227. The van der Waals surface area contributed by atoms with E-state index >= 15 is 0 Å². The van der Waals surface area contributed by atoms with E-state index < -0.39 is 0 Å². The summed E-state index contributed by atoms with van der Waals surface area (Å²) in [5.41, 5.74) is 2.20. The van der Waals surface area contributed by atoms with E-state index in [1.54, 1.807) is 26.4 Å². The molecule has 1 N–H and O–H groups in total. The van der Waals surface area contributed by atoms with Gasteiger partial charge in [0.15, 0.2) is 0 Å². The number of ether oxygens (including phenoxy) is 2. The second-order valence-electron chi connectivity index (χ2n) is 6.35. The molecule has 0 aliphatic carbocycles. The lowest BCUT2D eigenvalue weighted by atomic mass is 10.1. The number of carbonyl (C=O) groups excluding carboxylic acids is 1. The molecule has 7 nitrogen and oxygen atoms in total. The second kappa shape index (κ2) is 9.54. The number of nitrogens with one attached hydrogen (secondary N) is 1. The molecule has 7 heteroatoms. The van der Waals surface area contributed by atoms with Gasteiger partial charge in [0.25, 0.3) is 5.56 Å². The van der Waals surface area contributed by atoms with E-state index in [1.165, 1.54) is 10.7 Å². The third kappa shape index (κ3) is 5.22. The number of benzene rings is 2. The van der Waals surface area contributed by atoms with Gasteiger partial charge in [0.05, 0.1) is 26.5 Å². The maximum atomic E-state index is 12.3. The summed E-state index contributed by atoms with van der Waals surface area (Å²) in [6.45, 7) is 0.517. The van der Waals surface area contributed by atoms with E-state index in [0.29, 0.717) is 23.7 Å². The molecule has 0 bridgehead atoms. The largest absolute Gasteiger partial charge is 0.497 e. The lowest BCUT2D eigenvalue weighted by Gasteiger charge is -2.12. The van der Waals surface area contributed by atoms with Crippen molar-refractivity contribution >= 4 is 5.91 Å². The summed E-state index contributed by atoms with van der Waals surface area (Å²) in [6, 6.07) is 18.1. The molecule has 150 valence electrons. The van der Waals surface area contributed by atoms with Crippen molar-refractivity contribution in [3.05, 3.63) is 76.6 Å². The number of amides is 1. The fourth-order valence-corrected chi connectivity index (χ4v) is 2.86. The zero-order valence-electron chi connectivity index (χ0n) is 16.4. The highest BCUT2D eigenvalue weighted by Crippen LogP contribution is 2.24.